The highest BCUT2D eigenvalue weighted by atomic mass is 16.2. The highest BCUT2D eigenvalue weighted by Crippen LogP contribution is 2.23. The van der Waals surface area contributed by atoms with Gasteiger partial charge in [-0.3, -0.25) is 23.7 Å². The van der Waals surface area contributed by atoms with Crippen molar-refractivity contribution in [3.8, 4) is 11.4 Å². The molecule has 8 nitrogen and oxygen atoms in total. The summed E-state index contributed by atoms with van der Waals surface area (Å²) in [6.07, 6.45) is 6.84. The Morgan fingerprint density at radius 2 is 1.58 bits per heavy atom. The molecule has 1 aromatic heterocycles. The number of carbonyl (C=O) groups excluding carboxylic acids is 3. The van der Waals surface area contributed by atoms with Gasteiger partial charge in [-0.25, -0.2) is 4.98 Å². The van der Waals surface area contributed by atoms with E-state index in [2.05, 4.69) is 11.9 Å². The van der Waals surface area contributed by atoms with Gasteiger partial charge in [-0.15, -0.1) is 0 Å². The predicted molar refractivity (Wildman–Crippen MR) is 147 cm³/mol. The Kier molecular flexibility index (Phi) is 8.43. The number of aromatic nitrogens is 2. The minimum atomic E-state index is -0.634. The molecule has 38 heavy (non-hydrogen) atoms. The molecule has 0 bridgehead atoms. The molecule has 0 spiro atoms. The van der Waals surface area contributed by atoms with E-state index in [-0.39, 0.29) is 30.3 Å². The van der Waals surface area contributed by atoms with E-state index >= 15 is 0 Å². The number of nitrogens with zero attached hydrogens (tertiary/aromatic N) is 3. The van der Waals surface area contributed by atoms with Crippen molar-refractivity contribution in [3.05, 3.63) is 101 Å². The SMILES string of the molecule is CCCCCN(CC1=CC(c2ccccc2)=CC(=O)C1=O)C(=O)Cn1c(-c2ccccc2)ncc(N)c1=O. The number of benzene rings is 2. The number of rotatable bonds is 10. The van der Waals surface area contributed by atoms with Crippen molar-refractivity contribution in [1.29, 1.82) is 0 Å². The zero-order chi connectivity index (χ0) is 27.1. The van der Waals surface area contributed by atoms with Crippen LogP contribution in [-0.4, -0.2) is 45.0 Å². The van der Waals surface area contributed by atoms with E-state index < -0.39 is 17.1 Å². The van der Waals surface area contributed by atoms with Crippen LogP contribution >= 0.6 is 0 Å². The number of nitrogen functional groups attached to an aromatic ring is 1. The Morgan fingerprint density at radius 1 is 0.921 bits per heavy atom. The molecule has 0 radical (unpaired) electrons. The number of anilines is 1. The Labute approximate surface area is 221 Å². The van der Waals surface area contributed by atoms with Crippen LogP contribution in [0.1, 0.15) is 31.7 Å². The molecule has 2 aromatic carbocycles. The number of carbonyl (C=O) groups is 3. The van der Waals surface area contributed by atoms with Crippen molar-refractivity contribution in [1.82, 2.24) is 14.5 Å². The summed E-state index contributed by atoms with van der Waals surface area (Å²) >= 11 is 0. The summed E-state index contributed by atoms with van der Waals surface area (Å²) in [6.45, 7) is 2.09. The van der Waals surface area contributed by atoms with Crippen molar-refractivity contribution in [2.45, 2.75) is 32.7 Å². The molecule has 2 N–H and O–H groups in total. The molecular formula is C30H30N4O4. The number of hydrogen-bond acceptors (Lipinski definition) is 6. The minimum absolute atomic E-state index is 0.0392. The summed E-state index contributed by atoms with van der Waals surface area (Å²) in [7, 11) is 0. The third-order valence-corrected chi connectivity index (χ3v) is 6.38. The molecule has 1 amide bonds. The van der Waals surface area contributed by atoms with Crippen molar-refractivity contribution < 1.29 is 14.4 Å². The van der Waals surface area contributed by atoms with Crippen LogP contribution in [0.5, 0.6) is 0 Å². The maximum absolute atomic E-state index is 13.6. The van der Waals surface area contributed by atoms with E-state index in [1.165, 1.54) is 21.7 Å². The fraction of sp³-hybridized carbons (Fsp3) is 0.233. The van der Waals surface area contributed by atoms with Gasteiger partial charge in [0.2, 0.25) is 17.5 Å². The maximum atomic E-state index is 13.6. The van der Waals surface area contributed by atoms with E-state index in [0.29, 0.717) is 29.9 Å². The van der Waals surface area contributed by atoms with Crippen LogP contribution in [0.2, 0.25) is 0 Å². The van der Waals surface area contributed by atoms with E-state index in [1.807, 2.05) is 48.5 Å². The number of nitrogens with two attached hydrogens (primary N) is 1. The molecule has 0 fully saturated rings. The maximum Gasteiger partial charge on any atom is 0.277 e. The van der Waals surface area contributed by atoms with E-state index in [1.54, 1.807) is 18.2 Å². The van der Waals surface area contributed by atoms with Gasteiger partial charge in [-0.1, -0.05) is 80.4 Å². The van der Waals surface area contributed by atoms with Gasteiger partial charge < -0.3 is 10.6 Å². The number of ketones is 2. The van der Waals surface area contributed by atoms with Crippen LogP contribution in [0, 0.1) is 0 Å². The normalized spacial score (nSPS) is 13.2. The average Bonchev–Trinajstić information content (AvgIpc) is 2.94. The number of Topliss-reactive ketones (excluding diaryl/α,β-unsaturated/α-hetero) is 1. The third-order valence-electron chi connectivity index (χ3n) is 6.38. The van der Waals surface area contributed by atoms with E-state index in [0.717, 1.165) is 18.4 Å². The third kappa shape index (κ3) is 6.03. The Hall–Kier alpha value is -4.59. The van der Waals surface area contributed by atoms with Crippen LogP contribution in [0.3, 0.4) is 0 Å². The molecule has 0 saturated carbocycles. The summed E-state index contributed by atoms with van der Waals surface area (Å²) in [6, 6.07) is 18.4. The zero-order valence-corrected chi connectivity index (χ0v) is 21.3. The van der Waals surface area contributed by atoms with Crippen molar-refractivity contribution in [2.24, 2.45) is 0 Å². The summed E-state index contributed by atoms with van der Waals surface area (Å²) < 4.78 is 1.26. The first-order valence-corrected chi connectivity index (χ1v) is 12.6. The van der Waals surface area contributed by atoms with Gasteiger partial charge in [0.05, 0.1) is 6.20 Å². The molecule has 0 unspecified atom stereocenters. The summed E-state index contributed by atoms with van der Waals surface area (Å²) in [5.41, 5.74) is 7.60. The lowest BCUT2D eigenvalue weighted by molar-refractivity contribution is -0.133. The average molecular weight is 511 g/mol. The van der Waals surface area contributed by atoms with E-state index in [4.69, 9.17) is 5.73 Å². The Morgan fingerprint density at radius 3 is 2.24 bits per heavy atom. The highest BCUT2D eigenvalue weighted by Gasteiger charge is 2.27. The lowest BCUT2D eigenvalue weighted by Gasteiger charge is -2.25. The molecule has 1 aliphatic carbocycles. The smallest absolute Gasteiger partial charge is 0.277 e. The Balaban J connectivity index is 1.65. The first kappa shape index (κ1) is 26.5. The molecule has 4 rings (SSSR count). The second-order valence-electron chi connectivity index (χ2n) is 9.15. The molecular weight excluding hydrogens is 480 g/mol. The van der Waals surface area contributed by atoms with Crippen LogP contribution in [-0.2, 0) is 20.9 Å². The molecule has 194 valence electrons. The van der Waals surface area contributed by atoms with Crippen molar-refractivity contribution in [2.75, 3.05) is 18.8 Å². The molecule has 0 saturated heterocycles. The zero-order valence-electron chi connectivity index (χ0n) is 21.3. The number of hydrogen-bond donors (Lipinski definition) is 1. The summed E-state index contributed by atoms with van der Waals surface area (Å²) in [5.74, 6) is -1.30. The topological polar surface area (TPSA) is 115 Å². The molecule has 1 aliphatic rings. The second kappa shape index (κ2) is 12.1. The monoisotopic (exact) mass is 510 g/mol. The van der Waals surface area contributed by atoms with Gasteiger partial charge in [-0.2, -0.15) is 0 Å². The largest absolute Gasteiger partial charge is 0.393 e. The standard InChI is InChI=1S/C30H30N4O4/c1-2-3-10-15-33(19-24-16-23(17-26(35)28(24)37)21-11-6-4-7-12-21)27(36)20-34-29(22-13-8-5-9-14-22)32-18-25(31)30(34)38/h4-9,11-14,16-18H,2-3,10,15,19-20,31H2,1H3. The predicted octanol–water partition coefficient (Wildman–Crippen LogP) is 3.67. The molecule has 3 aromatic rings. The van der Waals surface area contributed by atoms with Gasteiger partial charge in [0, 0.05) is 24.2 Å². The molecule has 8 heteroatoms. The van der Waals surface area contributed by atoms with Crippen molar-refractivity contribution in [3.63, 3.8) is 0 Å². The van der Waals surface area contributed by atoms with Crippen LogP contribution in [0.4, 0.5) is 5.69 Å². The quantitative estimate of drug-likeness (QED) is 0.253. The highest BCUT2D eigenvalue weighted by molar-refractivity contribution is 6.50. The van der Waals surface area contributed by atoms with Gasteiger partial charge >= 0.3 is 0 Å². The lowest BCUT2D eigenvalue weighted by atomic mass is 9.92. The number of allylic oxidation sites excluding steroid dienone is 3. The summed E-state index contributed by atoms with van der Waals surface area (Å²) in [4.78, 5) is 57.8. The minimum Gasteiger partial charge on any atom is -0.393 e. The van der Waals surface area contributed by atoms with Gasteiger partial charge in [0.25, 0.3) is 5.56 Å². The molecule has 1 heterocycles. The van der Waals surface area contributed by atoms with Crippen LogP contribution < -0.4 is 11.3 Å². The second-order valence-corrected chi connectivity index (χ2v) is 9.15. The summed E-state index contributed by atoms with van der Waals surface area (Å²) in [5, 5.41) is 0. The molecule has 0 aliphatic heterocycles. The van der Waals surface area contributed by atoms with Crippen molar-refractivity contribution >= 4 is 28.7 Å². The van der Waals surface area contributed by atoms with Gasteiger partial charge in [-0.05, 0) is 29.7 Å². The van der Waals surface area contributed by atoms with Crippen LogP contribution in [0.25, 0.3) is 17.0 Å². The Bertz CT molecular complexity index is 1460. The lowest BCUT2D eigenvalue weighted by Crippen LogP contribution is -2.40. The van der Waals surface area contributed by atoms with Crippen LogP contribution in [0.15, 0.2) is 89.4 Å². The number of amides is 1. The van der Waals surface area contributed by atoms with Gasteiger partial charge in [0.15, 0.2) is 0 Å². The van der Waals surface area contributed by atoms with E-state index in [9.17, 15) is 19.2 Å². The first-order chi connectivity index (χ1) is 18.4. The van der Waals surface area contributed by atoms with Gasteiger partial charge in [0.1, 0.15) is 18.1 Å². The fourth-order valence-corrected chi connectivity index (χ4v) is 4.33. The number of unbranched alkanes of at least 4 members (excludes halogenated alkanes) is 2. The first-order valence-electron chi connectivity index (χ1n) is 12.6. The molecule has 0 atom stereocenters. The fourth-order valence-electron chi connectivity index (χ4n) is 4.33.